The zero-order chi connectivity index (χ0) is 14.2. The Morgan fingerprint density at radius 3 is 2.79 bits per heavy atom. The van der Waals surface area contributed by atoms with E-state index in [0.29, 0.717) is 6.54 Å². The lowest BCUT2D eigenvalue weighted by Gasteiger charge is -2.21. The van der Waals surface area contributed by atoms with Gasteiger partial charge in [-0.3, -0.25) is 0 Å². The van der Waals surface area contributed by atoms with Gasteiger partial charge in [0.15, 0.2) is 0 Å². The van der Waals surface area contributed by atoms with Gasteiger partial charge in [-0.1, -0.05) is 0 Å². The summed E-state index contributed by atoms with van der Waals surface area (Å²) < 4.78 is 27.1. The summed E-state index contributed by atoms with van der Waals surface area (Å²) in [5, 5.41) is 0. The maximum atomic E-state index is 11.9. The van der Waals surface area contributed by atoms with Crippen LogP contribution in [0.3, 0.4) is 0 Å². The fraction of sp³-hybridized carbons (Fsp3) is 0.692. The van der Waals surface area contributed by atoms with Gasteiger partial charge >= 0.3 is 0 Å². The molecule has 108 valence electrons. The van der Waals surface area contributed by atoms with E-state index >= 15 is 0 Å². The number of aryl methyl sites for hydroxylation is 1. The van der Waals surface area contributed by atoms with Gasteiger partial charge in [-0.25, -0.2) is 12.7 Å². The Labute approximate surface area is 115 Å². The van der Waals surface area contributed by atoms with Crippen LogP contribution in [-0.4, -0.2) is 37.1 Å². The number of rotatable bonds is 4. The quantitative estimate of drug-likeness (QED) is 0.898. The molecule has 1 aromatic heterocycles. The first-order chi connectivity index (χ1) is 8.83. The highest BCUT2D eigenvalue weighted by atomic mass is 32.2. The SMILES string of the molecule is Cc1cc2c(n1CCS(=O)(=O)N(C)C)CCCC2N. The van der Waals surface area contributed by atoms with E-state index in [0.717, 1.165) is 25.0 Å². The van der Waals surface area contributed by atoms with Gasteiger partial charge in [-0.15, -0.1) is 0 Å². The smallest absolute Gasteiger partial charge is 0.215 e. The van der Waals surface area contributed by atoms with Crippen LogP contribution in [0.15, 0.2) is 6.07 Å². The number of fused-ring (bicyclic) bond motifs is 1. The van der Waals surface area contributed by atoms with Gasteiger partial charge in [0.05, 0.1) is 5.75 Å². The molecule has 1 aromatic rings. The molecule has 5 nitrogen and oxygen atoms in total. The first kappa shape index (κ1) is 14.6. The summed E-state index contributed by atoms with van der Waals surface area (Å²) in [4.78, 5) is 0. The average molecular weight is 285 g/mol. The molecule has 2 rings (SSSR count). The molecule has 0 amide bonds. The molecule has 19 heavy (non-hydrogen) atoms. The van der Waals surface area contributed by atoms with Crippen molar-refractivity contribution in [3.63, 3.8) is 0 Å². The number of aromatic nitrogens is 1. The second kappa shape index (κ2) is 5.26. The lowest BCUT2D eigenvalue weighted by atomic mass is 9.93. The number of sulfonamides is 1. The van der Waals surface area contributed by atoms with E-state index in [1.165, 1.54) is 15.6 Å². The third-order valence-electron chi connectivity index (χ3n) is 3.91. The highest BCUT2D eigenvalue weighted by Crippen LogP contribution is 2.30. The van der Waals surface area contributed by atoms with Gasteiger partial charge < -0.3 is 10.3 Å². The van der Waals surface area contributed by atoms with Crippen LogP contribution in [0.4, 0.5) is 0 Å². The van der Waals surface area contributed by atoms with Gasteiger partial charge in [-0.05, 0) is 37.8 Å². The molecule has 0 bridgehead atoms. The molecular weight excluding hydrogens is 262 g/mol. The van der Waals surface area contributed by atoms with Crippen LogP contribution < -0.4 is 5.73 Å². The standard InChI is InChI=1S/C13H23N3O2S/c1-10-9-11-12(14)5-4-6-13(11)16(10)7-8-19(17,18)15(2)3/h9,12H,4-8,14H2,1-3H3. The Balaban J connectivity index is 2.22. The monoisotopic (exact) mass is 285 g/mol. The van der Waals surface area contributed by atoms with Crippen molar-refractivity contribution in [2.75, 3.05) is 19.8 Å². The Hall–Kier alpha value is -0.850. The molecule has 1 heterocycles. The van der Waals surface area contributed by atoms with E-state index in [-0.39, 0.29) is 11.8 Å². The molecule has 0 aromatic carbocycles. The molecule has 2 N–H and O–H groups in total. The van der Waals surface area contributed by atoms with E-state index in [4.69, 9.17) is 5.73 Å². The molecule has 1 aliphatic carbocycles. The van der Waals surface area contributed by atoms with Crippen LogP contribution in [-0.2, 0) is 23.0 Å². The molecule has 0 fully saturated rings. The van der Waals surface area contributed by atoms with Crippen molar-refractivity contribution in [1.29, 1.82) is 0 Å². The molecule has 0 radical (unpaired) electrons. The van der Waals surface area contributed by atoms with Gasteiger partial charge in [-0.2, -0.15) is 0 Å². The third-order valence-corrected chi connectivity index (χ3v) is 5.72. The summed E-state index contributed by atoms with van der Waals surface area (Å²) >= 11 is 0. The summed E-state index contributed by atoms with van der Waals surface area (Å²) in [5.41, 5.74) is 9.65. The van der Waals surface area contributed by atoms with E-state index in [9.17, 15) is 8.42 Å². The lowest BCUT2D eigenvalue weighted by Crippen LogP contribution is -2.28. The first-order valence-corrected chi connectivity index (χ1v) is 8.28. The average Bonchev–Trinajstić information content (AvgIpc) is 2.64. The van der Waals surface area contributed by atoms with Crippen LogP contribution in [0.2, 0.25) is 0 Å². The minimum Gasteiger partial charge on any atom is -0.347 e. The third kappa shape index (κ3) is 2.85. The number of nitrogens with zero attached hydrogens (tertiary/aromatic N) is 2. The molecule has 0 aliphatic heterocycles. The molecular formula is C13H23N3O2S. The second-order valence-corrected chi connectivity index (χ2v) is 7.74. The van der Waals surface area contributed by atoms with Crippen molar-refractivity contribution >= 4 is 10.0 Å². The van der Waals surface area contributed by atoms with E-state index in [1.54, 1.807) is 14.1 Å². The Bertz CT molecular complexity index is 561. The van der Waals surface area contributed by atoms with Crippen molar-refractivity contribution in [2.45, 2.75) is 38.8 Å². The van der Waals surface area contributed by atoms with E-state index in [2.05, 4.69) is 10.6 Å². The van der Waals surface area contributed by atoms with Crippen LogP contribution in [0.25, 0.3) is 0 Å². The maximum absolute atomic E-state index is 11.9. The van der Waals surface area contributed by atoms with Crippen LogP contribution in [0, 0.1) is 6.92 Å². The van der Waals surface area contributed by atoms with Crippen molar-refractivity contribution in [2.24, 2.45) is 5.73 Å². The summed E-state index contributed by atoms with van der Waals surface area (Å²) in [6.45, 7) is 2.53. The minimum atomic E-state index is -3.15. The molecule has 1 aliphatic rings. The highest BCUT2D eigenvalue weighted by Gasteiger charge is 2.23. The largest absolute Gasteiger partial charge is 0.347 e. The van der Waals surface area contributed by atoms with Crippen LogP contribution in [0.1, 0.15) is 35.8 Å². The normalized spacial score (nSPS) is 19.7. The zero-order valence-electron chi connectivity index (χ0n) is 11.9. The molecule has 6 heteroatoms. The fourth-order valence-electron chi connectivity index (χ4n) is 2.70. The Morgan fingerprint density at radius 2 is 2.16 bits per heavy atom. The number of nitrogens with two attached hydrogens (primary N) is 1. The number of hydrogen-bond donors (Lipinski definition) is 1. The van der Waals surface area contributed by atoms with Crippen molar-refractivity contribution in [1.82, 2.24) is 8.87 Å². The topological polar surface area (TPSA) is 68.3 Å². The van der Waals surface area contributed by atoms with Crippen molar-refractivity contribution in [3.05, 3.63) is 23.0 Å². The molecule has 0 spiro atoms. The van der Waals surface area contributed by atoms with Crippen LogP contribution in [0.5, 0.6) is 0 Å². The van der Waals surface area contributed by atoms with E-state index in [1.807, 2.05) is 6.92 Å². The summed E-state index contributed by atoms with van der Waals surface area (Å²) in [6, 6.07) is 2.22. The highest BCUT2D eigenvalue weighted by molar-refractivity contribution is 7.89. The lowest BCUT2D eigenvalue weighted by molar-refractivity contribution is 0.509. The van der Waals surface area contributed by atoms with Gasteiger partial charge in [0.1, 0.15) is 0 Å². The van der Waals surface area contributed by atoms with Gasteiger partial charge in [0.25, 0.3) is 0 Å². The van der Waals surface area contributed by atoms with E-state index < -0.39 is 10.0 Å². The Morgan fingerprint density at radius 1 is 1.47 bits per heavy atom. The number of hydrogen-bond acceptors (Lipinski definition) is 3. The van der Waals surface area contributed by atoms with Crippen LogP contribution >= 0.6 is 0 Å². The zero-order valence-corrected chi connectivity index (χ0v) is 12.7. The summed E-state index contributed by atoms with van der Waals surface area (Å²) in [7, 11) is -0.00455. The molecule has 0 saturated heterocycles. The first-order valence-electron chi connectivity index (χ1n) is 6.67. The predicted molar refractivity (Wildman–Crippen MR) is 76.5 cm³/mol. The summed E-state index contributed by atoms with van der Waals surface area (Å²) in [6.07, 6.45) is 3.10. The molecule has 0 saturated carbocycles. The Kier molecular flexibility index (Phi) is 4.03. The van der Waals surface area contributed by atoms with Crippen molar-refractivity contribution < 1.29 is 8.42 Å². The van der Waals surface area contributed by atoms with Crippen molar-refractivity contribution in [3.8, 4) is 0 Å². The predicted octanol–water partition coefficient (Wildman–Crippen LogP) is 1.02. The molecule has 1 atom stereocenters. The van der Waals surface area contributed by atoms with Gasteiger partial charge in [0, 0.05) is 38.1 Å². The summed E-state index contributed by atoms with van der Waals surface area (Å²) in [5.74, 6) is 0.136. The molecule has 1 unspecified atom stereocenters. The fourth-order valence-corrected chi connectivity index (χ4v) is 3.48. The minimum absolute atomic E-state index is 0.106. The second-order valence-electron chi connectivity index (χ2n) is 5.44. The van der Waals surface area contributed by atoms with Gasteiger partial charge in [0.2, 0.25) is 10.0 Å². The maximum Gasteiger partial charge on any atom is 0.215 e.